The second kappa shape index (κ2) is 3.35. The van der Waals surface area contributed by atoms with Crippen LogP contribution in [-0.2, 0) is 0 Å². The van der Waals surface area contributed by atoms with E-state index in [2.05, 4.69) is 18.9 Å². The highest BCUT2D eigenvalue weighted by Crippen LogP contribution is 2.24. The van der Waals surface area contributed by atoms with E-state index in [1.54, 1.807) is 0 Å². The molecule has 0 radical (unpaired) electrons. The van der Waals surface area contributed by atoms with Crippen LogP contribution in [0.15, 0.2) is 0 Å². The second-order valence-electron chi connectivity index (χ2n) is 3.26. The van der Waals surface area contributed by atoms with Crippen molar-refractivity contribution in [1.82, 2.24) is 4.90 Å². The van der Waals surface area contributed by atoms with Crippen LogP contribution < -0.4 is 0 Å². The summed E-state index contributed by atoms with van der Waals surface area (Å²) in [5.74, 6) is 0. The summed E-state index contributed by atoms with van der Waals surface area (Å²) in [6.07, 6.45) is 3.17. The van der Waals surface area contributed by atoms with E-state index in [1.807, 2.05) is 0 Å². The lowest BCUT2D eigenvalue weighted by atomic mass is 9.88. The van der Waals surface area contributed by atoms with Crippen LogP contribution in [0.2, 0.25) is 0 Å². The molecule has 1 aliphatic carbocycles. The van der Waals surface area contributed by atoms with Gasteiger partial charge in [0.2, 0.25) is 0 Å². The quantitative estimate of drug-likeness (QED) is 0.633. The van der Waals surface area contributed by atoms with Crippen LogP contribution in [0.25, 0.3) is 0 Å². The number of hydrogen-bond donors (Lipinski definition) is 1. The Kier molecular flexibility index (Phi) is 2.69. The summed E-state index contributed by atoms with van der Waals surface area (Å²) in [7, 11) is 2.14. The van der Waals surface area contributed by atoms with Gasteiger partial charge in [-0.3, -0.25) is 0 Å². The molecule has 0 amide bonds. The average molecular weight is 143 g/mol. The molecule has 0 bridgehead atoms. The van der Waals surface area contributed by atoms with E-state index in [1.165, 1.54) is 6.42 Å². The lowest BCUT2D eigenvalue weighted by Gasteiger charge is -2.38. The Labute approximate surface area is 62.8 Å². The first-order chi connectivity index (χ1) is 4.74. The minimum atomic E-state index is -0.00990. The molecule has 1 N–H and O–H groups in total. The molecule has 10 heavy (non-hydrogen) atoms. The molecule has 1 saturated carbocycles. The van der Waals surface area contributed by atoms with Gasteiger partial charge in [-0.2, -0.15) is 0 Å². The molecule has 1 fully saturated rings. The largest absolute Gasteiger partial charge is 0.393 e. The van der Waals surface area contributed by atoms with E-state index >= 15 is 0 Å². The molecule has 1 aliphatic rings. The Morgan fingerprint density at radius 3 is 2.50 bits per heavy atom. The van der Waals surface area contributed by atoms with Crippen molar-refractivity contribution in [2.45, 2.75) is 38.3 Å². The van der Waals surface area contributed by atoms with Gasteiger partial charge in [-0.15, -0.1) is 0 Å². The maximum atomic E-state index is 9.01. The molecular formula is C8H17NO. The van der Waals surface area contributed by atoms with Crippen molar-refractivity contribution < 1.29 is 5.11 Å². The molecule has 0 aromatic rings. The lowest BCUT2D eigenvalue weighted by Crippen LogP contribution is -2.45. The monoisotopic (exact) mass is 143 g/mol. The zero-order valence-corrected chi connectivity index (χ0v) is 6.88. The highest BCUT2D eigenvalue weighted by molar-refractivity contribution is 4.85. The van der Waals surface area contributed by atoms with E-state index in [-0.39, 0.29) is 6.10 Å². The minimum absolute atomic E-state index is 0.00990. The Balaban J connectivity index is 2.11. The first-order valence-electron chi connectivity index (χ1n) is 4.12. The zero-order chi connectivity index (χ0) is 7.56. The summed E-state index contributed by atoms with van der Waals surface area (Å²) in [4.78, 5) is 2.34. The van der Waals surface area contributed by atoms with E-state index in [0.717, 1.165) is 19.4 Å². The van der Waals surface area contributed by atoms with Gasteiger partial charge in [0.15, 0.2) is 0 Å². The van der Waals surface area contributed by atoms with E-state index in [4.69, 9.17) is 5.11 Å². The van der Waals surface area contributed by atoms with Crippen LogP contribution in [0.4, 0.5) is 0 Å². The maximum absolute atomic E-state index is 9.01. The Morgan fingerprint density at radius 1 is 1.50 bits per heavy atom. The maximum Gasteiger partial charge on any atom is 0.0570 e. The highest BCUT2D eigenvalue weighted by Gasteiger charge is 2.29. The second-order valence-corrected chi connectivity index (χ2v) is 3.26. The normalized spacial score (nSPS) is 32.4. The third kappa shape index (κ3) is 1.70. The van der Waals surface area contributed by atoms with Crippen molar-refractivity contribution >= 4 is 0 Å². The van der Waals surface area contributed by atoms with Gasteiger partial charge >= 0.3 is 0 Å². The summed E-state index contributed by atoms with van der Waals surface area (Å²) in [6.45, 7) is 3.35. The molecular weight excluding hydrogens is 126 g/mol. The molecule has 60 valence electrons. The van der Waals surface area contributed by atoms with Crippen LogP contribution in [0.5, 0.6) is 0 Å². The summed E-state index contributed by atoms with van der Waals surface area (Å²) in [6, 6.07) is 0.662. The van der Waals surface area contributed by atoms with Gasteiger partial charge in [-0.25, -0.2) is 0 Å². The topological polar surface area (TPSA) is 23.5 Å². The molecule has 2 heteroatoms. The molecule has 0 aromatic heterocycles. The number of aliphatic hydroxyl groups is 1. The molecule has 0 spiro atoms. The zero-order valence-electron chi connectivity index (χ0n) is 6.88. The van der Waals surface area contributed by atoms with Gasteiger partial charge < -0.3 is 10.0 Å². The number of nitrogens with zero attached hydrogens (tertiary/aromatic N) is 1. The minimum Gasteiger partial charge on any atom is -0.393 e. The van der Waals surface area contributed by atoms with Gasteiger partial charge in [0.1, 0.15) is 0 Å². The standard InChI is InChI=1S/C8H17NO/c1-3-4-9(2)7-5-8(10)6-7/h7-8,10H,3-6H2,1-2H3. The van der Waals surface area contributed by atoms with Crippen LogP contribution >= 0.6 is 0 Å². The summed E-state index contributed by atoms with van der Waals surface area (Å²) < 4.78 is 0. The number of aliphatic hydroxyl groups excluding tert-OH is 1. The van der Waals surface area contributed by atoms with Gasteiger partial charge in [-0.05, 0) is 32.9 Å². The Morgan fingerprint density at radius 2 is 2.10 bits per heavy atom. The fourth-order valence-electron chi connectivity index (χ4n) is 1.45. The number of rotatable bonds is 3. The van der Waals surface area contributed by atoms with Crippen LogP contribution in [0, 0.1) is 0 Å². The van der Waals surface area contributed by atoms with Gasteiger partial charge in [0.05, 0.1) is 6.10 Å². The number of hydrogen-bond acceptors (Lipinski definition) is 2. The first kappa shape index (κ1) is 8.02. The van der Waals surface area contributed by atoms with Gasteiger partial charge in [-0.1, -0.05) is 6.92 Å². The Bertz CT molecular complexity index is 96.7. The fraction of sp³-hybridized carbons (Fsp3) is 1.00. The molecule has 0 aromatic carbocycles. The predicted molar refractivity (Wildman–Crippen MR) is 41.9 cm³/mol. The fourth-order valence-corrected chi connectivity index (χ4v) is 1.45. The summed E-state index contributed by atoms with van der Waals surface area (Å²) >= 11 is 0. The van der Waals surface area contributed by atoms with Crippen molar-refractivity contribution in [3.8, 4) is 0 Å². The van der Waals surface area contributed by atoms with E-state index in [0.29, 0.717) is 6.04 Å². The van der Waals surface area contributed by atoms with Crippen molar-refractivity contribution in [3.05, 3.63) is 0 Å². The van der Waals surface area contributed by atoms with Crippen molar-refractivity contribution in [2.24, 2.45) is 0 Å². The van der Waals surface area contributed by atoms with Crippen LogP contribution in [-0.4, -0.2) is 35.7 Å². The highest BCUT2D eigenvalue weighted by atomic mass is 16.3. The van der Waals surface area contributed by atoms with Gasteiger partial charge in [0, 0.05) is 6.04 Å². The van der Waals surface area contributed by atoms with Crippen LogP contribution in [0.3, 0.4) is 0 Å². The van der Waals surface area contributed by atoms with E-state index in [9.17, 15) is 0 Å². The molecule has 1 rings (SSSR count). The molecule has 0 aliphatic heterocycles. The SMILES string of the molecule is CCCN(C)C1CC(O)C1. The first-order valence-corrected chi connectivity index (χ1v) is 4.12. The molecule has 0 saturated heterocycles. The molecule has 0 heterocycles. The molecule has 0 atom stereocenters. The summed E-state index contributed by atoms with van der Waals surface area (Å²) in [5.41, 5.74) is 0. The average Bonchev–Trinajstić information content (AvgIpc) is 1.82. The third-order valence-corrected chi connectivity index (χ3v) is 2.29. The van der Waals surface area contributed by atoms with Gasteiger partial charge in [0.25, 0.3) is 0 Å². The Hall–Kier alpha value is -0.0800. The van der Waals surface area contributed by atoms with Crippen LogP contribution in [0.1, 0.15) is 26.2 Å². The van der Waals surface area contributed by atoms with Crippen molar-refractivity contribution in [3.63, 3.8) is 0 Å². The summed E-state index contributed by atoms with van der Waals surface area (Å²) in [5, 5.41) is 9.01. The van der Waals surface area contributed by atoms with Crippen molar-refractivity contribution in [2.75, 3.05) is 13.6 Å². The molecule has 0 unspecified atom stereocenters. The smallest absolute Gasteiger partial charge is 0.0570 e. The molecule has 2 nitrogen and oxygen atoms in total. The predicted octanol–water partition coefficient (Wildman–Crippen LogP) is 0.851. The van der Waals surface area contributed by atoms with E-state index < -0.39 is 0 Å². The lowest BCUT2D eigenvalue weighted by molar-refractivity contribution is 0.0124. The van der Waals surface area contributed by atoms with Crippen molar-refractivity contribution in [1.29, 1.82) is 0 Å². The third-order valence-electron chi connectivity index (χ3n) is 2.29.